The van der Waals surface area contributed by atoms with E-state index < -0.39 is 16.7 Å². The van der Waals surface area contributed by atoms with Crippen LogP contribution < -0.4 is 15.2 Å². The third-order valence-electron chi connectivity index (χ3n) is 3.81. The van der Waals surface area contributed by atoms with Crippen molar-refractivity contribution in [2.45, 2.75) is 0 Å². The normalized spacial score (nSPS) is 14.9. The highest BCUT2D eigenvalue weighted by Crippen LogP contribution is 2.37. The Bertz CT molecular complexity index is 1000. The van der Waals surface area contributed by atoms with E-state index in [1.54, 1.807) is 30.3 Å². The topological polar surface area (TPSA) is 102 Å². The van der Waals surface area contributed by atoms with Crippen molar-refractivity contribution in [2.75, 3.05) is 11.6 Å². The van der Waals surface area contributed by atoms with E-state index in [1.165, 1.54) is 24.3 Å². The zero-order chi connectivity index (χ0) is 20.3. The van der Waals surface area contributed by atoms with Crippen LogP contribution >= 0.6 is 15.9 Å². The van der Waals surface area contributed by atoms with Gasteiger partial charge in [0.2, 0.25) is 5.75 Å². The van der Waals surface area contributed by atoms with Gasteiger partial charge < -0.3 is 4.74 Å². The molecule has 1 N–H and O–H groups in total. The molecule has 2 aromatic rings. The molecule has 142 valence electrons. The van der Waals surface area contributed by atoms with Crippen LogP contribution in [0.25, 0.3) is 6.08 Å². The summed E-state index contributed by atoms with van der Waals surface area (Å²) in [5.41, 5.74) is 2.85. The first-order chi connectivity index (χ1) is 13.4. The SMILES string of the molecule is C=CCOc1c(Br)cc(/C=C2/C(=O)NN(c3ccccc3)C2=O)cc1[N+](=O)[O-]. The van der Waals surface area contributed by atoms with Crippen LogP contribution in [-0.4, -0.2) is 23.3 Å². The second kappa shape index (κ2) is 8.05. The van der Waals surface area contributed by atoms with Gasteiger partial charge in [0.25, 0.3) is 11.8 Å². The largest absolute Gasteiger partial charge is 0.482 e. The maximum atomic E-state index is 12.6. The molecule has 28 heavy (non-hydrogen) atoms. The molecule has 0 saturated carbocycles. The third kappa shape index (κ3) is 3.79. The lowest BCUT2D eigenvalue weighted by atomic mass is 10.1. The molecule has 1 heterocycles. The number of hydrazine groups is 1. The van der Waals surface area contributed by atoms with Gasteiger partial charge in [-0.25, -0.2) is 5.01 Å². The minimum atomic E-state index is -0.599. The summed E-state index contributed by atoms with van der Waals surface area (Å²) in [6, 6.07) is 11.4. The molecular formula is C19H14BrN3O5. The van der Waals surface area contributed by atoms with Gasteiger partial charge in [0.1, 0.15) is 12.2 Å². The number of benzene rings is 2. The molecule has 0 spiro atoms. The molecule has 1 saturated heterocycles. The summed E-state index contributed by atoms with van der Waals surface area (Å²) in [7, 11) is 0. The molecule has 0 atom stereocenters. The Labute approximate surface area is 168 Å². The number of nitro groups is 1. The Morgan fingerprint density at radius 1 is 1.25 bits per heavy atom. The van der Waals surface area contributed by atoms with Crippen molar-refractivity contribution in [1.82, 2.24) is 5.43 Å². The molecule has 1 aliphatic heterocycles. The van der Waals surface area contributed by atoms with E-state index in [1.807, 2.05) is 0 Å². The number of nitrogens with one attached hydrogen (secondary N) is 1. The number of carbonyl (C=O) groups excluding carboxylic acids is 2. The minimum absolute atomic E-state index is 0.0418. The molecule has 2 amide bonds. The van der Waals surface area contributed by atoms with Crippen molar-refractivity contribution in [3.8, 4) is 5.75 Å². The van der Waals surface area contributed by atoms with Gasteiger partial charge in [0.05, 0.1) is 15.1 Å². The Morgan fingerprint density at radius 2 is 1.96 bits per heavy atom. The van der Waals surface area contributed by atoms with Gasteiger partial charge in [-0.2, -0.15) is 0 Å². The van der Waals surface area contributed by atoms with E-state index in [-0.39, 0.29) is 23.6 Å². The second-order valence-electron chi connectivity index (χ2n) is 5.68. The monoisotopic (exact) mass is 443 g/mol. The molecule has 0 bridgehead atoms. The molecule has 1 aliphatic rings. The van der Waals surface area contributed by atoms with Crippen LogP contribution in [0.5, 0.6) is 5.75 Å². The zero-order valence-corrected chi connectivity index (χ0v) is 16.0. The van der Waals surface area contributed by atoms with Crippen molar-refractivity contribution >= 4 is 45.2 Å². The Hall–Kier alpha value is -3.46. The molecule has 0 aliphatic carbocycles. The van der Waals surface area contributed by atoms with Crippen molar-refractivity contribution < 1.29 is 19.2 Å². The molecule has 8 nitrogen and oxygen atoms in total. The Kier molecular flexibility index (Phi) is 5.55. The Morgan fingerprint density at radius 3 is 2.61 bits per heavy atom. The van der Waals surface area contributed by atoms with E-state index in [2.05, 4.69) is 27.9 Å². The highest BCUT2D eigenvalue weighted by atomic mass is 79.9. The second-order valence-corrected chi connectivity index (χ2v) is 6.54. The molecule has 9 heteroatoms. The summed E-state index contributed by atoms with van der Waals surface area (Å²) in [5.74, 6) is -1.11. The van der Waals surface area contributed by atoms with Crippen LogP contribution in [0.3, 0.4) is 0 Å². The number of ether oxygens (including phenoxy) is 1. The number of halogens is 1. The number of carbonyl (C=O) groups is 2. The van der Waals surface area contributed by atoms with Crippen LogP contribution in [0.15, 0.2) is 65.2 Å². The lowest BCUT2D eigenvalue weighted by Gasteiger charge is -2.13. The van der Waals surface area contributed by atoms with Gasteiger partial charge in [0, 0.05) is 6.07 Å². The third-order valence-corrected chi connectivity index (χ3v) is 4.39. The van der Waals surface area contributed by atoms with Crippen LogP contribution in [-0.2, 0) is 9.59 Å². The maximum Gasteiger partial charge on any atom is 0.312 e. The van der Waals surface area contributed by atoms with Crippen molar-refractivity contribution in [1.29, 1.82) is 0 Å². The number of rotatable bonds is 6. The van der Waals surface area contributed by atoms with Crippen LogP contribution in [0.1, 0.15) is 5.56 Å². The van der Waals surface area contributed by atoms with Crippen LogP contribution in [0, 0.1) is 10.1 Å². The number of nitro benzene ring substituents is 1. The van der Waals surface area contributed by atoms with Gasteiger partial charge in [-0.05, 0) is 45.8 Å². The molecule has 0 unspecified atom stereocenters. The summed E-state index contributed by atoms with van der Waals surface area (Å²) in [4.78, 5) is 35.7. The number of hydrogen-bond acceptors (Lipinski definition) is 5. The van der Waals surface area contributed by atoms with Gasteiger partial charge in [-0.15, -0.1) is 0 Å². The fourth-order valence-electron chi connectivity index (χ4n) is 2.59. The first-order valence-electron chi connectivity index (χ1n) is 8.06. The summed E-state index contributed by atoms with van der Waals surface area (Å²) in [5, 5.41) is 12.5. The fourth-order valence-corrected chi connectivity index (χ4v) is 3.17. The first-order valence-corrected chi connectivity index (χ1v) is 8.85. The van der Waals surface area contributed by atoms with E-state index in [0.717, 1.165) is 5.01 Å². The lowest BCUT2D eigenvalue weighted by Crippen LogP contribution is -2.35. The number of amides is 2. The zero-order valence-electron chi connectivity index (χ0n) is 14.4. The maximum absolute atomic E-state index is 12.6. The average Bonchev–Trinajstić information content (AvgIpc) is 2.95. The average molecular weight is 444 g/mol. The van der Waals surface area contributed by atoms with Gasteiger partial charge >= 0.3 is 5.69 Å². The van der Waals surface area contributed by atoms with Crippen molar-refractivity contribution in [2.24, 2.45) is 0 Å². The van der Waals surface area contributed by atoms with E-state index >= 15 is 0 Å². The highest BCUT2D eigenvalue weighted by Gasteiger charge is 2.34. The van der Waals surface area contributed by atoms with Gasteiger partial charge in [0.15, 0.2) is 0 Å². The van der Waals surface area contributed by atoms with E-state index in [9.17, 15) is 19.7 Å². The summed E-state index contributed by atoms with van der Waals surface area (Å²) < 4.78 is 5.66. The van der Waals surface area contributed by atoms with Crippen molar-refractivity contribution in [3.63, 3.8) is 0 Å². The number of hydrogen-bond donors (Lipinski definition) is 1. The van der Waals surface area contributed by atoms with Gasteiger partial charge in [-0.3, -0.25) is 25.1 Å². The van der Waals surface area contributed by atoms with Crippen LogP contribution in [0.2, 0.25) is 0 Å². The lowest BCUT2D eigenvalue weighted by molar-refractivity contribution is -0.385. The fraction of sp³-hybridized carbons (Fsp3) is 0.0526. The molecule has 1 fully saturated rings. The molecule has 0 aromatic heterocycles. The Balaban J connectivity index is 1.99. The van der Waals surface area contributed by atoms with Gasteiger partial charge in [-0.1, -0.05) is 30.9 Å². The van der Waals surface area contributed by atoms with Crippen LogP contribution in [0.4, 0.5) is 11.4 Å². The summed E-state index contributed by atoms with van der Waals surface area (Å²) >= 11 is 3.24. The highest BCUT2D eigenvalue weighted by molar-refractivity contribution is 9.10. The summed E-state index contributed by atoms with van der Waals surface area (Å²) in [6.07, 6.45) is 2.77. The summed E-state index contributed by atoms with van der Waals surface area (Å²) in [6.45, 7) is 3.60. The predicted octanol–water partition coefficient (Wildman–Crippen LogP) is 3.38. The first kappa shape index (κ1) is 19.3. The standard InChI is InChI=1S/C19H14BrN3O5/c1-2-8-28-17-15(20)10-12(11-16(17)23(26)27)9-14-18(24)21-22(19(14)25)13-6-4-3-5-7-13/h2-7,9-11H,1,8H2,(H,21,24)/b14-9-. The minimum Gasteiger partial charge on any atom is -0.482 e. The van der Waals surface area contributed by atoms with E-state index in [0.29, 0.717) is 15.7 Å². The number of para-hydroxylation sites is 1. The van der Waals surface area contributed by atoms with E-state index in [4.69, 9.17) is 4.74 Å². The predicted molar refractivity (Wildman–Crippen MR) is 107 cm³/mol. The molecular weight excluding hydrogens is 430 g/mol. The van der Waals surface area contributed by atoms with Crippen molar-refractivity contribution in [3.05, 3.63) is 80.8 Å². The number of nitrogens with zero attached hydrogens (tertiary/aromatic N) is 2. The molecule has 3 rings (SSSR count). The quantitative estimate of drug-likeness (QED) is 0.242. The number of anilines is 1. The smallest absolute Gasteiger partial charge is 0.312 e. The molecule has 0 radical (unpaired) electrons. The molecule has 2 aromatic carbocycles.